The van der Waals surface area contributed by atoms with Crippen LogP contribution in [0.15, 0.2) is 18.2 Å². The van der Waals surface area contributed by atoms with Crippen LogP contribution in [0.1, 0.15) is 39.6 Å². The smallest absolute Gasteiger partial charge is 0.259 e. The molecule has 2 amide bonds. The van der Waals surface area contributed by atoms with Crippen LogP contribution < -0.4 is 11.1 Å². The molecule has 84 valence electrons. The number of carbonyl (C=O) groups is 2. The topological polar surface area (TPSA) is 72.2 Å². The van der Waals surface area contributed by atoms with Crippen molar-refractivity contribution in [3.8, 4) is 0 Å². The summed E-state index contributed by atoms with van der Waals surface area (Å²) in [5, 5.41) is 2.30. The fourth-order valence-corrected chi connectivity index (χ4v) is 1.88. The lowest BCUT2D eigenvalue weighted by Gasteiger charge is -2.07. The van der Waals surface area contributed by atoms with E-state index >= 15 is 0 Å². The summed E-state index contributed by atoms with van der Waals surface area (Å²) >= 11 is 0. The summed E-state index contributed by atoms with van der Waals surface area (Å²) in [6, 6.07) is 5.44. The van der Waals surface area contributed by atoms with Gasteiger partial charge in [0, 0.05) is 6.04 Å². The van der Waals surface area contributed by atoms with E-state index < -0.39 is 0 Å². The SMILES string of the molecule is CC(N)CCc1cccc2c1C(=O)NC2=O. The third-order valence-electron chi connectivity index (χ3n) is 2.72. The molecule has 3 N–H and O–H groups in total. The quantitative estimate of drug-likeness (QED) is 0.739. The van der Waals surface area contributed by atoms with E-state index in [-0.39, 0.29) is 17.9 Å². The zero-order valence-corrected chi connectivity index (χ0v) is 9.12. The number of aryl methyl sites for hydroxylation is 1. The third-order valence-corrected chi connectivity index (χ3v) is 2.72. The number of nitrogens with two attached hydrogens (primary N) is 1. The summed E-state index contributed by atoms with van der Waals surface area (Å²) in [4.78, 5) is 23.0. The van der Waals surface area contributed by atoms with Gasteiger partial charge in [-0.15, -0.1) is 0 Å². The Kier molecular flexibility index (Phi) is 2.75. The predicted octanol–water partition coefficient (Wildman–Crippen LogP) is 0.850. The molecule has 1 unspecified atom stereocenters. The number of imide groups is 1. The first-order valence-corrected chi connectivity index (χ1v) is 5.32. The number of nitrogens with one attached hydrogen (secondary N) is 1. The number of rotatable bonds is 3. The van der Waals surface area contributed by atoms with Crippen LogP contribution in [0.3, 0.4) is 0 Å². The molecule has 0 spiro atoms. The van der Waals surface area contributed by atoms with E-state index in [1.54, 1.807) is 12.1 Å². The maximum absolute atomic E-state index is 11.6. The Morgan fingerprint density at radius 2 is 2.06 bits per heavy atom. The number of benzene rings is 1. The van der Waals surface area contributed by atoms with Crippen LogP contribution in [0.25, 0.3) is 0 Å². The Morgan fingerprint density at radius 1 is 1.31 bits per heavy atom. The molecule has 1 heterocycles. The van der Waals surface area contributed by atoms with E-state index in [1.807, 2.05) is 13.0 Å². The molecule has 1 aromatic carbocycles. The Balaban J connectivity index is 2.34. The van der Waals surface area contributed by atoms with Crippen molar-refractivity contribution in [3.63, 3.8) is 0 Å². The molecule has 0 saturated carbocycles. The molecule has 0 bridgehead atoms. The summed E-state index contributed by atoms with van der Waals surface area (Å²) in [6.07, 6.45) is 1.53. The number of hydrogen-bond acceptors (Lipinski definition) is 3. The van der Waals surface area contributed by atoms with Gasteiger partial charge in [0.15, 0.2) is 0 Å². The van der Waals surface area contributed by atoms with E-state index in [4.69, 9.17) is 5.73 Å². The third kappa shape index (κ3) is 1.84. The number of fused-ring (bicyclic) bond motifs is 1. The number of carbonyl (C=O) groups excluding carboxylic acids is 2. The molecule has 0 fully saturated rings. The van der Waals surface area contributed by atoms with Crippen LogP contribution >= 0.6 is 0 Å². The fourth-order valence-electron chi connectivity index (χ4n) is 1.88. The maximum Gasteiger partial charge on any atom is 0.259 e. The van der Waals surface area contributed by atoms with Gasteiger partial charge >= 0.3 is 0 Å². The average molecular weight is 218 g/mol. The fraction of sp³-hybridized carbons (Fsp3) is 0.333. The van der Waals surface area contributed by atoms with Gasteiger partial charge in [0.2, 0.25) is 0 Å². The molecule has 0 aromatic heterocycles. The molecule has 1 aromatic rings. The van der Waals surface area contributed by atoms with Gasteiger partial charge in [-0.1, -0.05) is 12.1 Å². The molecule has 0 radical (unpaired) electrons. The Labute approximate surface area is 93.8 Å². The van der Waals surface area contributed by atoms with Crippen LogP contribution in [-0.4, -0.2) is 17.9 Å². The molecule has 1 atom stereocenters. The highest BCUT2D eigenvalue weighted by molar-refractivity contribution is 6.22. The molecule has 2 rings (SSSR count). The second-order valence-corrected chi connectivity index (χ2v) is 4.14. The summed E-state index contributed by atoms with van der Waals surface area (Å²) < 4.78 is 0. The number of hydrogen-bond donors (Lipinski definition) is 2. The zero-order valence-electron chi connectivity index (χ0n) is 9.12. The van der Waals surface area contributed by atoms with Gasteiger partial charge in [0.25, 0.3) is 11.8 Å². The highest BCUT2D eigenvalue weighted by Gasteiger charge is 2.28. The van der Waals surface area contributed by atoms with Crippen molar-refractivity contribution < 1.29 is 9.59 Å². The van der Waals surface area contributed by atoms with Gasteiger partial charge in [-0.2, -0.15) is 0 Å². The standard InChI is InChI=1S/C12H14N2O2/c1-7(13)5-6-8-3-2-4-9-10(8)12(16)14-11(9)15/h2-4,7H,5-6,13H2,1H3,(H,14,15,16). The first-order valence-electron chi connectivity index (χ1n) is 5.32. The minimum atomic E-state index is -0.303. The van der Waals surface area contributed by atoms with Crippen molar-refractivity contribution in [1.82, 2.24) is 5.32 Å². The lowest BCUT2D eigenvalue weighted by molar-refractivity contribution is 0.0879. The Morgan fingerprint density at radius 3 is 2.75 bits per heavy atom. The summed E-state index contributed by atoms with van der Waals surface area (Å²) in [5.74, 6) is -0.595. The summed E-state index contributed by atoms with van der Waals surface area (Å²) in [5.41, 5.74) is 7.58. The Hall–Kier alpha value is -1.68. The highest BCUT2D eigenvalue weighted by Crippen LogP contribution is 2.21. The average Bonchev–Trinajstić information content (AvgIpc) is 2.52. The zero-order chi connectivity index (χ0) is 11.7. The van der Waals surface area contributed by atoms with Crippen LogP contribution in [0.5, 0.6) is 0 Å². The van der Waals surface area contributed by atoms with Crippen molar-refractivity contribution in [2.24, 2.45) is 5.73 Å². The maximum atomic E-state index is 11.6. The first kappa shape index (κ1) is 10.8. The lowest BCUT2D eigenvalue weighted by Crippen LogP contribution is -2.20. The second-order valence-electron chi connectivity index (χ2n) is 4.14. The van der Waals surface area contributed by atoms with Crippen LogP contribution in [0.2, 0.25) is 0 Å². The molecule has 0 saturated heterocycles. The highest BCUT2D eigenvalue weighted by atomic mass is 16.2. The van der Waals surface area contributed by atoms with Gasteiger partial charge in [-0.25, -0.2) is 0 Å². The molecule has 4 nitrogen and oxygen atoms in total. The predicted molar refractivity (Wildman–Crippen MR) is 60.2 cm³/mol. The molecular weight excluding hydrogens is 204 g/mol. The van der Waals surface area contributed by atoms with Crippen molar-refractivity contribution in [1.29, 1.82) is 0 Å². The normalized spacial score (nSPS) is 15.9. The van der Waals surface area contributed by atoms with Gasteiger partial charge in [0.05, 0.1) is 11.1 Å². The monoisotopic (exact) mass is 218 g/mol. The van der Waals surface area contributed by atoms with Gasteiger partial charge < -0.3 is 5.73 Å². The minimum Gasteiger partial charge on any atom is -0.328 e. The van der Waals surface area contributed by atoms with E-state index in [0.29, 0.717) is 11.1 Å². The van der Waals surface area contributed by atoms with Crippen LogP contribution in [0, 0.1) is 0 Å². The summed E-state index contributed by atoms with van der Waals surface area (Å²) in [7, 11) is 0. The molecule has 1 aliphatic heterocycles. The van der Waals surface area contributed by atoms with Gasteiger partial charge in [-0.05, 0) is 31.4 Å². The first-order chi connectivity index (χ1) is 7.59. The molecule has 1 aliphatic rings. The van der Waals surface area contributed by atoms with E-state index in [2.05, 4.69) is 5.32 Å². The van der Waals surface area contributed by atoms with Crippen molar-refractivity contribution in [2.75, 3.05) is 0 Å². The second kappa shape index (κ2) is 4.06. The van der Waals surface area contributed by atoms with Crippen LogP contribution in [0.4, 0.5) is 0 Å². The largest absolute Gasteiger partial charge is 0.328 e. The number of amides is 2. The van der Waals surface area contributed by atoms with Crippen molar-refractivity contribution in [2.45, 2.75) is 25.8 Å². The van der Waals surface area contributed by atoms with Crippen LogP contribution in [-0.2, 0) is 6.42 Å². The van der Waals surface area contributed by atoms with E-state index in [0.717, 1.165) is 18.4 Å². The minimum absolute atomic E-state index is 0.0935. The molecule has 16 heavy (non-hydrogen) atoms. The van der Waals surface area contributed by atoms with Crippen molar-refractivity contribution >= 4 is 11.8 Å². The van der Waals surface area contributed by atoms with E-state index in [9.17, 15) is 9.59 Å². The molecule has 4 heteroatoms. The molecule has 0 aliphatic carbocycles. The molecular formula is C12H14N2O2. The summed E-state index contributed by atoms with van der Waals surface area (Å²) in [6.45, 7) is 1.92. The lowest BCUT2D eigenvalue weighted by atomic mass is 9.98. The van der Waals surface area contributed by atoms with Crippen molar-refractivity contribution in [3.05, 3.63) is 34.9 Å². The van der Waals surface area contributed by atoms with Gasteiger partial charge in [0.1, 0.15) is 0 Å². The van der Waals surface area contributed by atoms with Gasteiger partial charge in [-0.3, -0.25) is 14.9 Å². The Bertz CT molecular complexity index is 452. The van der Waals surface area contributed by atoms with E-state index in [1.165, 1.54) is 0 Å².